The van der Waals surface area contributed by atoms with Crippen LogP contribution >= 0.6 is 19.8 Å². The number of carbonyl (C=O) groups is 1. The van der Waals surface area contributed by atoms with Gasteiger partial charge in [0.25, 0.3) is 5.56 Å². The van der Waals surface area contributed by atoms with Gasteiger partial charge < -0.3 is 24.2 Å². The highest BCUT2D eigenvalue weighted by atomic mass is 32.1. The quantitative estimate of drug-likeness (QED) is 0.168. The Morgan fingerprint density at radius 2 is 1.98 bits per heavy atom. The standard InChI is InChI=1S/C29H35N2O9PS/c1-18(26(34)38-20-10-4-5-11-20)17-41(36,40-22-13-7-9-19-8-3-6-12-21(19)22)37-16-23-25(33)29(2,35)27(39-23)31-15-14-24(32)30-28(31)42/h3,6-9,12-15,18,20,23,25,27,33,35H,4-5,10-11,16-17H2,1-2H3,(H,30,32,42)/t18-,23-,25+,27-,29?,41?/m1/s1/i16D2. The lowest BCUT2D eigenvalue weighted by Crippen LogP contribution is -2.44. The van der Waals surface area contributed by atoms with Crippen LogP contribution in [0, 0.1) is 10.7 Å². The van der Waals surface area contributed by atoms with Crippen molar-refractivity contribution in [3.8, 4) is 5.75 Å². The molecular formula is C29H35N2O9PS. The van der Waals surface area contributed by atoms with E-state index in [-0.39, 0.29) is 16.6 Å². The van der Waals surface area contributed by atoms with Gasteiger partial charge in [0.1, 0.15) is 29.7 Å². The van der Waals surface area contributed by atoms with Crippen LogP contribution in [0.4, 0.5) is 0 Å². The molecule has 0 bridgehead atoms. The number of ether oxygens (including phenoxy) is 2. The maximum atomic E-state index is 14.5. The van der Waals surface area contributed by atoms with Crippen LogP contribution < -0.4 is 10.1 Å². The van der Waals surface area contributed by atoms with Gasteiger partial charge in [-0.2, -0.15) is 0 Å². The van der Waals surface area contributed by atoms with E-state index in [0.29, 0.717) is 5.39 Å². The number of rotatable bonds is 10. The van der Waals surface area contributed by atoms with Gasteiger partial charge in [-0.3, -0.25) is 23.7 Å². The van der Waals surface area contributed by atoms with Gasteiger partial charge in [-0.05, 0) is 56.3 Å². The Kier molecular flexibility index (Phi) is 8.25. The van der Waals surface area contributed by atoms with Crippen molar-refractivity contribution in [3.63, 3.8) is 0 Å². The highest BCUT2D eigenvalue weighted by molar-refractivity contribution is 7.71. The minimum atomic E-state index is -4.57. The average molecular weight is 621 g/mol. The van der Waals surface area contributed by atoms with E-state index in [1.807, 2.05) is 18.2 Å². The van der Waals surface area contributed by atoms with Crippen molar-refractivity contribution in [3.05, 3.63) is 69.9 Å². The number of esters is 1. The number of carbonyl (C=O) groups excluding carboxylic acids is 1. The molecule has 6 atom stereocenters. The highest BCUT2D eigenvalue weighted by Crippen LogP contribution is 2.52. The Morgan fingerprint density at radius 3 is 2.71 bits per heavy atom. The summed E-state index contributed by atoms with van der Waals surface area (Å²) in [7, 11) is -4.57. The zero-order valence-corrected chi connectivity index (χ0v) is 24.9. The fourth-order valence-corrected chi connectivity index (χ4v) is 7.19. The van der Waals surface area contributed by atoms with Crippen molar-refractivity contribution in [2.45, 2.75) is 69.7 Å². The Balaban J connectivity index is 1.45. The van der Waals surface area contributed by atoms with E-state index >= 15 is 0 Å². The number of aliphatic hydroxyl groups excluding tert-OH is 1. The molecule has 1 saturated heterocycles. The lowest BCUT2D eigenvalue weighted by atomic mass is 9.96. The third kappa shape index (κ3) is 6.54. The van der Waals surface area contributed by atoms with Crippen LogP contribution in [-0.4, -0.2) is 62.4 Å². The largest absolute Gasteiger partial charge is 0.462 e. The summed E-state index contributed by atoms with van der Waals surface area (Å²) < 4.78 is 56.0. The Labute approximate surface area is 250 Å². The topological polar surface area (TPSA) is 149 Å². The van der Waals surface area contributed by atoms with Crippen LogP contribution in [0.2, 0.25) is 0 Å². The summed E-state index contributed by atoms with van der Waals surface area (Å²) in [6.45, 7) is -0.328. The summed E-state index contributed by atoms with van der Waals surface area (Å²) in [6.07, 6.45) is -1.46. The molecular weight excluding hydrogens is 583 g/mol. The number of aromatic nitrogens is 2. The number of aromatic amines is 1. The highest BCUT2D eigenvalue weighted by Gasteiger charge is 2.54. The second kappa shape index (κ2) is 12.4. The first-order chi connectivity index (χ1) is 20.7. The molecule has 42 heavy (non-hydrogen) atoms. The van der Waals surface area contributed by atoms with Gasteiger partial charge in [-0.15, -0.1) is 0 Å². The third-order valence-corrected chi connectivity index (χ3v) is 9.71. The molecule has 13 heteroatoms. The minimum absolute atomic E-state index is 0.135. The summed E-state index contributed by atoms with van der Waals surface area (Å²) in [6, 6.07) is 13.3. The van der Waals surface area contributed by atoms with Crippen LogP contribution in [0.5, 0.6) is 5.75 Å². The molecule has 226 valence electrons. The van der Waals surface area contributed by atoms with E-state index in [9.17, 15) is 24.4 Å². The summed E-state index contributed by atoms with van der Waals surface area (Å²) in [5.74, 6) is -1.48. The van der Waals surface area contributed by atoms with Gasteiger partial charge in [0.05, 0.1) is 21.4 Å². The first-order valence-electron chi connectivity index (χ1n) is 14.8. The number of fused-ring (bicyclic) bond motifs is 1. The summed E-state index contributed by atoms with van der Waals surface area (Å²) >= 11 is 5.17. The molecule has 2 fully saturated rings. The molecule has 11 nitrogen and oxygen atoms in total. The Morgan fingerprint density at radius 1 is 1.26 bits per heavy atom. The molecule has 2 aliphatic rings. The fourth-order valence-electron chi connectivity index (χ4n) is 5.20. The van der Waals surface area contributed by atoms with Gasteiger partial charge in [0.15, 0.2) is 11.0 Å². The maximum absolute atomic E-state index is 14.5. The van der Waals surface area contributed by atoms with Crippen molar-refractivity contribution in [1.29, 1.82) is 0 Å². The fraction of sp³-hybridized carbons (Fsp3) is 0.483. The molecule has 1 aliphatic carbocycles. The van der Waals surface area contributed by atoms with Crippen molar-refractivity contribution in [2.24, 2.45) is 5.92 Å². The van der Waals surface area contributed by atoms with Gasteiger partial charge in [0, 0.05) is 17.6 Å². The van der Waals surface area contributed by atoms with Crippen molar-refractivity contribution < 1.29 is 40.8 Å². The molecule has 3 aromatic rings. The monoisotopic (exact) mass is 620 g/mol. The van der Waals surface area contributed by atoms with Gasteiger partial charge in [0.2, 0.25) is 0 Å². The van der Waals surface area contributed by atoms with Gasteiger partial charge in [-0.1, -0.05) is 43.3 Å². The predicted octanol–water partition coefficient (Wildman–Crippen LogP) is 4.48. The number of nitrogens with one attached hydrogen (secondary N) is 1. The number of benzene rings is 2. The molecule has 1 saturated carbocycles. The number of nitrogens with zero attached hydrogens (tertiary/aromatic N) is 1. The molecule has 5 rings (SSSR count). The number of aliphatic hydroxyl groups is 2. The molecule has 3 N–H and O–H groups in total. The molecule has 1 aliphatic heterocycles. The first kappa shape index (κ1) is 27.9. The van der Waals surface area contributed by atoms with Crippen LogP contribution in [-0.2, 0) is 23.4 Å². The van der Waals surface area contributed by atoms with Crippen LogP contribution in [0.25, 0.3) is 10.8 Å². The Hall–Kier alpha value is -2.86. The molecule has 2 heterocycles. The number of hydrogen-bond acceptors (Lipinski definition) is 10. The molecule has 0 spiro atoms. The minimum Gasteiger partial charge on any atom is -0.462 e. The SMILES string of the molecule is [2H]C([2H])(OP(=O)(C[C@@H](C)C(=O)OC1CCCC1)Oc1cccc2ccccc12)[C@H]1O[C@@H](n2ccc(=O)[nH]c2=S)C(C)(O)[C@H]1O. The zero-order chi connectivity index (χ0) is 31.9. The van der Waals surface area contributed by atoms with Crippen LogP contribution in [0.15, 0.2) is 59.5 Å². The molecule has 2 aromatic carbocycles. The molecule has 0 radical (unpaired) electrons. The molecule has 1 aromatic heterocycles. The Bertz CT molecular complexity index is 1690. The summed E-state index contributed by atoms with van der Waals surface area (Å²) in [5, 5.41) is 23.6. The number of H-pyrrole nitrogens is 1. The second-order valence-corrected chi connectivity index (χ2v) is 13.3. The van der Waals surface area contributed by atoms with Gasteiger partial charge >= 0.3 is 13.6 Å². The van der Waals surface area contributed by atoms with E-state index in [1.165, 1.54) is 20.0 Å². The predicted molar refractivity (Wildman–Crippen MR) is 157 cm³/mol. The third-order valence-electron chi connectivity index (χ3n) is 7.54. The van der Waals surface area contributed by atoms with E-state index in [2.05, 4.69) is 4.98 Å². The van der Waals surface area contributed by atoms with Crippen molar-refractivity contribution >= 4 is 36.6 Å². The summed E-state index contributed by atoms with van der Waals surface area (Å²) in [4.78, 5) is 27.0. The lowest BCUT2D eigenvalue weighted by Gasteiger charge is -2.28. The molecule has 2 unspecified atom stereocenters. The second-order valence-electron chi connectivity index (χ2n) is 10.9. The first-order valence-corrected chi connectivity index (χ1v) is 15.9. The zero-order valence-electron chi connectivity index (χ0n) is 25.2. The van der Waals surface area contributed by atoms with E-state index in [4.69, 9.17) is 33.5 Å². The number of hydrogen-bond donors (Lipinski definition) is 3. The van der Waals surface area contributed by atoms with E-state index < -0.39 is 61.8 Å². The van der Waals surface area contributed by atoms with Crippen LogP contribution in [0.3, 0.4) is 0 Å². The van der Waals surface area contributed by atoms with E-state index in [0.717, 1.165) is 41.7 Å². The normalized spacial score (nSPS) is 27.7. The van der Waals surface area contributed by atoms with Crippen molar-refractivity contribution in [2.75, 3.05) is 12.7 Å². The lowest BCUT2D eigenvalue weighted by molar-refractivity contribution is -0.152. The average Bonchev–Trinajstić information content (AvgIpc) is 3.54. The summed E-state index contributed by atoms with van der Waals surface area (Å²) in [5.41, 5.74) is -2.64. The van der Waals surface area contributed by atoms with Crippen LogP contribution in [0.1, 0.15) is 48.5 Å². The smallest absolute Gasteiger partial charge is 0.380 e. The maximum Gasteiger partial charge on any atom is 0.380 e. The van der Waals surface area contributed by atoms with E-state index in [1.54, 1.807) is 24.3 Å². The molecule has 0 amide bonds. The van der Waals surface area contributed by atoms with Gasteiger partial charge in [-0.25, -0.2) is 4.57 Å². The van der Waals surface area contributed by atoms with Crippen molar-refractivity contribution in [1.82, 2.24) is 9.55 Å².